The van der Waals surface area contributed by atoms with Crippen molar-refractivity contribution in [2.75, 3.05) is 27.3 Å². The Kier molecular flexibility index (Phi) is 7.01. The zero-order valence-corrected chi connectivity index (χ0v) is 14.9. The Labute approximate surface area is 148 Å². The fraction of sp³-hybridized carbons (Fsp3) is 0.300. The highest BCUT2D eigenvalue weighted by Gasteiger charge is 2.08. The largest absolute Gasteiger partial charge is 0.493 e. The summed E-state index contributed by atoms with van der Waals surface area (Å²) in [5.74, 6) is 1.41. The molecule has 1 amide bonds. The normalized spacial score (nSPS) is 10.7. The molecular formula is C20H24N2O3. The second kappa shape index (κ2) is 9.47. The van der Waals surface area contributed by atoms with Gasteiger partial charge in [-0.1, -0.05) is 12.1 Å². The molecule has 0 aliphatic carbocycles. The number of nitrogens with zero attached hydrogens (tertiary/aromatic N) is 2. The van der Waals surface area contributed by atoms with E-state index in [2.05, 4.69) is 4.98 Å². The second-order valence-electron chi connectivity index (χ2n) is 5.55. The van der Waals surface area contributed by atoms with Crippen LogP contribution in [0.5, 0.6) is 11.5 Å². The summed E-state index contributed by atoms with van der Waals surface area (Å²) in [5, 5.41) is 0. The van der Waals surface area contributed by atoms with Crippen molar-refractivity contribution in [2.24, 2.45) is 0 Å². The zero-order valence-electron chi connectivity index (χ0n) is 14.9. The van der Waals surface area contributed by atoms with Gasteiger partial charge in [0.25, 0.3) is 0 Å². The van der Waals surface area contributed by atoms with Crippen LogP contribution < -0.4 is 9.47 Å². The summed E-state index contributed by atoms with van der Waals surface area (Å²) >= 11 is 0. The minimum Gasteiger partial charge on any atom is -0.493 e. The van der Waals surface area contributed by atoms with Gasteiger partial charge in [0.2, 0.25) is 5.91 Å². The summed E-state index contributed by atoms with van der Waals surface area (Å²) in [6.45, 7) is 3.14. The third kappa shape index (κ3) is 5.64. The van der Waals surface area contributed by atoms with Crippen molar-refractivity contribution in [1.82, 2.24) is 9.88 Å². The summed E-state index contributed by atoms with van der Waals surface area (Å²) in [4.78, 5) is 17.9. The maximum Gasteiger partial charge on any atom is 0.246 e. The van der Waals surface area contributed by atoms with Crippen molar-refractivity contribution in [3.8, 4) is 11.5 Å². The molecule has 0 saturated heterocycles. The highest BCUT2D eigenvalue weighted by atomic mass is 16.5. The molecule has 0 aliphatic rings. The summed E-state index contributed by atoms with van der Waals surface area (Å²) in [7, 11) is 3.42. The fourth-order valence-corrected chi connectivity index (χ4v) is 2.32. The lowest BCUT2D eigenvalue weighted by atomic mass is 10.1. The number of hydrogen-bond acceptors (Lipinski definition) is 4. The SMILES string of the molecule is CCOc1cc(CCN(C)C(=O)C=Cc2cccnc2)ccc1OC. The molecule has 2 rings (SSSR count). The van der Waals surface area contributed by atoms with E-state index in [1.54, 1.807) is 43.6 Å². The van der Waals surface area contributed by atoms with Crippen LogP contribution in [0.2, 0.25) is 0 Å². The predicted molar refractivity (Wildman–Crippen MR) is 98.8 cm³/mol. The number of pyridine rings is 1. The molecule has 0 saturated carbocycles. The molecule has 0 spiro atoms. The van der Waals surface area contributed by atoms with Gasteiger partial charge in [0.15, 0.2) is 11.5 Å². The quantitative estimate of drug-likeness (QED) is 0.693. The number of carbonyl (C=O) groups is 1. The van der Waals surface area contributed by atoms with E-state index in [1.807, 2.05) is 37.3 Å². The topological polar surface area (TPSA) is 51.7 Å². The Morgan fingerprint density at radius 1 is 1.28 bits per heavy atom. The molecule has 5 heteroatoms. The first kappa shape index (κ1) is 18.5. The maximum absolute atomic E-state index is 12.2. The van der Waals surface area contributed by atoms with Crippen molar-refractivity contribution in [3.05, 3.63) is 59.9 Å². The molecule has 5 nitrogen and oxygen atoms in total. The highest BCUT2D eigenvalue weighted by Crippen LogP contribution is 2.28. The van der Waals surface area contributed by atoms with Crippen molar-refractivity contribution in [2.45, 2.75) is 13.3 Å². The molecule has 1 aromatic carbocycles. The van der Waals surface area contributed by atoms with Gasteiger partial charge in [0.1, 0.15) is 0 Å². The Hall–Kier alpha value is -2.82. The van der Waals surface area contributed by atoms with Gasteiger partial charge in [-0.05, 0) is 48.7 Å². The molecule has 25 heavy (non-hydrogen) atoms. The number of ether oxygens (including phenoxy) is 2. The van der Waals surface area contributed by atoms with Crippen LogP contribution in [0.4, 0.5) is 0 Å². The molecule has 132 valence electrons. The number of rotatable bonds is 8. The van der Waals surface area contributed by atoms with Crippen LogP contribution in [0.15, 0.2) is 48.8 Å². The van der Waals surface area contributed by atoms with Crippen LogP contribution in [-0.4, -0.2) is 43.1 Å². The van der Waals surface area contributed by atoms with Gasteiger partial charge in [-0.3, -0.25) is 9.78 Å². The van der Waals surface area contributed by atoms with E-state index < -0.39 is 0 Å². The fourth-order valence-electron chi connectivity index (χ4n) is 2.32. The molecule has 0 fully saturated rings. The molecule has 2 aromatic rings. The van der Waals surface area contributed by atoms with E-state index in [-0.39, 0.29) is 5.91 Å². The lowest BCUT2D eigenvalue weighted by Gasteiger charge is -2.16. The van der Waals surface area contributed by atoms with Gasteiger partial charge < -0.3 is 14.4 Å². The van der Waals surface area contributed by atoms with Gasteiger partial charge in [0.05, 0.1) is 13.7 Å². The van der Waals surface area contributed by atoms with Crippen molar-refractivity contribution >= 4 is 12.0 Å². The molecule has 0 bridgehead atoms. The molecule has 0 atom stereocenters. The first-order valence-electron chi connectivity index (χ1n) is 8.27. The van der Waals surface area contributed by atoms with Gasteiger partial charge in [-0.15, -0.1) is 0 Å². The second-order valence-corrected chi connectivity index (χ2v) is 5.55. The number of amides is 1. The van der Waals surface area contributed by atoms with Crippen LogP contribution in [0.3, 0.4) is 0 Å². The van der Waals surface area contributed by atoms with Gasteiger partial charge in [-0.25, -0.2) is 0 Å². The molecule has 1 heterocycles. The Bertz CT molecular complexity index is 714. The number of carbonyl (C=O) groups excluding carboxylic acids is 1. The molecule has 0 aliphatic heterocycles. The lowest BCUT2D eigenvalue weighted by molar-refractivity contribution is -0.124. The molecular weight excluding hydrogens is 316 g/mol. The lowest BCUT2D eigenvalue weighted by Crippen LogP contribution is -2.27. The van der Waals surface area contributed by atoms with Crippen LogP contribution >= 0.6 is 0 Å². The van der Waals surface area contributed by atoms with Crippen LogP contribution in [0.1, 0.15) is 18.1 Å². The Morgan fingerprint density at radius 3 is 2.80 bits per heavy atom. The van der Waals surface area contributed by atoms with Crippen molar-refractivity contribution in [3.63, 3.8) is 0 Å². The average molecular weight is 340 g/mol. The van der Waals surface area contributed by atoms with Crippen LogP contribution in [0.25, 0.3) is 6.08 Å². The van der Waals surface area contributed by atoms with Crippen molar-refractivity contribution < 1.29 is 14.3 Å². The van der Waals surface area contributed by atoms with E-state index in [0.29, 0.717) is 13.2 Å². The standard InChI is InChI=1S/C20H24N2O3/c1-4-25-19-14-16(7-9-18(19)24-3)11-13-22(2)20(23)10-8-17-6-5-12-21-15-17/h5-10,12,14-15H,4,11,13H2,1-3H3. The number of aromatic nitrogens is 1. The molecule has 0 unspecified atom stereocenters. The molecule has 1 aromatic heterocycles. The van der Waals surface area contributed by atoms with Crippen LogP contribution in [-0.2, 0) is 11.2 Å². The van der Waals surface area contributed by atoms with Crippen molar-refractivity contribution in [1.29, 1.82) is 0 Å². The summed E-state index contributed by atoms with van der Waals surface area (Å²) in [6, 6.07) is 9.60. The average Bonchev–Trinajstić information content (AvgIpc) is 2.65. The summed E-state index contributed by atoms with van der Waals surface area (Å²) in [6.07, 6.45) is 7.50. The third-order valence-corrected chi connectivity index (χ3v) is 3.74. The maximum atomic E-state index is 12.2. The number of likely N-dealkylation sites (N-methyl/N-ethyl adjacent to an activating group) is 1. The van der Waals surface area contributed by atoms with Gasteiger partial charge in [0, 0.05) is 32.1 Å². The minimum absolute atomic E-state index is 0.0394. The van der Waals surface area contributed by atoms with Crippen LogP contribution in [0, 0.1) is 0 Å². The van der Waals surface area contributed by atoms with E-state index in [4.69, 9.17) is 9.47 Å². The smallest absolute Gasteiger partial charge is 0.246 e. The van der Waals surface area contributed by atoms with E-state index in [0.717, 1.165) is 29.0 Å². The highest BCUT2D eigenvalue weighted by molar-refractivity contribution is 5.91. The number of benzene rings is 1. The predicted octanol–water partition coefficient (Wildman–Crippen LogP) is 3.20. The summed E-state index contributed by atoms with van der Waals surface area (Å²) < 4.78 is 10.9. The number of methoxy groups -OCH3 is 1. The molecule has 0 radical (unpaired) electrons. The molecule has 0 N–H and O–H groups in total. The first-order valence-corrected chi connectivity index (χ1v) is 8.27. The Balaban J connectivity index is 1.92. The zero-order chi connectivity index (χ0) is 18.1. The van der Waals surface area contributed by atoms with E-state index in [9.17, 15) is 4.79 Å². The first-order chi connectivity index (χ1) is 12.1. The minimum atomic E-state index is -0.0394. The van der Waals surface area contributed by atoms with E-state index in [1.165, 1.54) is 0 Å². The van der Waals surface area contributed by atoms with Gasteiger partial charge in [-0.2, -0.15) is 0 Å². The Morgan fingerprint density at radius 2 is 2.12 bits per heavy atom. The monoisotopic (exact) mass is 340 g/mol. The number of hydrogen-bond donors (Lipinski definition) is 0. The summed E-state index contributed by atoms with van der Waals surface area (Å²) in [5.41, 5.74) is 2.00. The van der Waals surface area contributed by atoms with E-state index >= 15 is 0 Å². The third-order valence-electron chi connectivity index (χ3n) is 3.74. The van der Waals surface area contributed by atoms with Gasteiger partial charge >= 0.3 is 0 Å².